The van der Waals surface area contributed by atoms with Gasteiger partial charge in [-0.15, -0.1) is 0 Å². The highest BCUT2D eigenvalue weighted by atomic mass is 32.2. The molecule has 0 radical (unpaired) electrons. The number of sulfonamides is 1. The van der Waals surface area contributed by atoms with Crippen molar-refractivity contribution in [2.75, 3.05) is 11.6 Å². The van der Waals surface area contributed by atoms with E-state index in [9.17, 15) is 21.6 Å². The molecule has 1 aromatic heterocycles. The highest BCUT2D eigenvalue weighted by molar-refractivity contribution is 7.89. The molecule has 0 saturated heterocycles. The van der Waals surface area contributed by atoms with E-state index in [-0.39, 0.29) is 23.8 Å². The van der Waals surface area contributed by atoms with Gasteiger partial charge in [-0.2, -0.15) is 17.9 Å². The molecule has 5 nitrogen and oxygen atoms in total. The fourth-order valence-corrected chi connectivity index (χ4v) is 3.46. The summed E-state index contributed by atoms with van der Waals surface area (Å²) >= 11 is 0. The Morgan fingerprint density at radius 2 is 2.05 bits per heavy atom. The average molecular weight is 332 g/mol. The van der Waals surface area contributed by atoms with E-state index in [2.05, 4.69) is 4.72 Å². The van der Waals surface area contributed by atoms with Crippen LogP contribution >= 0.6 is 0 Å². The molecule has 0 bridgehead atoms. The van der Waals surface area contributed by atoms with Crippen LogP contribution in [0.3, 0.4) is 0 Å². The number of halogens is 3. The second-order valence-corrected chi connectivity index (χ2v) is 6.50. The summed E-state index contributed by atoms with van der Waals surface area (Å²) in [5.41, 5.74) is -0.792. The first-order chi connectivity index (χ1) is 10.3. The van der Waals surface area contributed by atoms with Crippen LogP contribution in [0.15, 0.2) is 45.9 Å². The molecule has 3 rings (SSSR count). The predicted molar refractivity (Wildman–Crippen MR) is 71.5 cm³/mol. The third-order valence-corrected chi connectivity index (χ3v) is 4.70. The first-order valence-corrected chi connectivity index (χ1v) is 7.74. The van der Waals surface area contributed by atoms with Gasteiger partial charge in [-0.25, -0.2) is 8.42 Å². The van der Waals surface area contributed by atoms with Crippen molar-refractivity contribution < 1.29 is 26.0 Å². The summed E-state index contributed by atoms with van der Waals surface area (Å²) in [6.07, 6.45) is -3.13. The minimum absolute atomic E-state index is 0.0403. The zero-order valence-electron chi connectivity index (χ0n) is 11.1. The Morgan fingerprint density at radius 3 is 2.68 bits per heavy atom. The number of fused-ring (bicyclic) bond motifs is 1. The highest BCUT2D eigenvalue weighted by Crippen LogP contribution is 2.36. The number of nitrogens with zero attached hydrogens (tertiary/aromatic N) is 1. The van der Waals surface area contributed by atoms with Gasteiger partial charge in [0.1, 0.15) is 10.7 Å². The van der Waals surface area contributed by atoms with Crippen molar-refractivity contribution in [3.05, 3.63) is 47.9 Å². The number of hydrogen-bond donors (Lipinski definition) is 1. The lowest BCUT2D eigenvalue weighted by Gasteiger charge is -2.31. The Morgan fingerprint density at radius 1 is 1.27 bits per heavy atom. The molecule has 9 heteroatoms. The van der Waals surface area contributed by atoms with Gasteiger partial charge < -0.3 is 9.32 Å². The third kappa shape index (κ3) is 2.69. The summed E-state index contributed by atoms with van der Waals surface area (Å²) in [6, 6.07) is 6.06. The van der Waals surface area contributed by atoms with Crippen LogP contribution in [0, 0.1) is 0 Å². The molecule has 0 fully saturated rings. The van der Waals surface area contributed by atoms with Gasteiger partial charge in [0, 0.05) is 0 Å². The molecule has 0 unspecified atom stereocenters. The molecule has 2 heterocycles. The van der Waals surface area contributed by atoms with Crippen LogP contribution < -0.4 is 9.62 Å². The van der Waals surface area contributed by atoms with E-state index in [1.54, 1.807) is 17.0 Å². The largest absolute Gasteiger partial charge is 0.467 e. The SMILES string of the molecule is O=S1(=O)NCN(Cc2ccco2)c2ccc(C(F)(F)F)cc21. The van der Waals surface area contributed by atoms with Crippen molar-refractivity contribution in [2.45, 2.75) is 17.6 Å². The van der Waals surface area contributed by atoms with Crippen LogP contribution in [-0.4, -0.2) is 15.1 Å². The summed E-state index contributed by atoms with van der Waals surface area (Å²) in [6.45, 7) is 0.204. The molecule has 0 aliphatic carbocycles. The van der Waals surface area contributed by atoms with Gasteiger partial charge in [-0.3, -0.25) is 0 Å². The van der Waals surface area contributed by atoms with E-state index in [1.807, 2.05) is 0 Å². The van der Waals surface area contributed by atoms with Crippen molar-refractivity contribution in [3.8, 4) is 0 Å². The maximum absolute atomic E-state index is 12.8. The molecule has 22 heavy (non-hydrogen) atoms. The molecule has 0 atom stereocenters. The minimum atomic E-state index is -4.60. The lowest BCUT2D eigenvalue weighted by Crippen LogP contribution is -2.42. The molecule has 1 aliphatic rings. The fourth-order valence-electron chi connectivity index (χ4n) is 2.22. The maximum Gasteiger partial charge on any atom is 0.416 e. The molecule has 0 saturated carbocycles. The summed E-state index contributed by atoms with van der Waals surface area (Å²) < 4.78 is 69.7. The molecule has 1 aromatic carbocycles. The lowest BCUT2D eigenvalue weighted by atomic mass is 10.2. The van der Waals surface area contributed by atoms with Crippen molar-refractivity contribution >= 4 is 15.7 Å². The standard InChI is InChI=1S/C13H11F3N2O3S/c14-13(15,16)9-3-4-11-12(6-9)22(19,20)17-8-18(11)7-10-2-1-5-21-10/h1-6,17H,7-8H2. The quantitative estimate of drug-likeness (QED) is 0.918. The number of hydrogen-bond acceptors (Lipinski definition) is 4. The third-order valence-electron chi connectivity index (χ3n) is 3.29. The molecular weight excluding hydrogens is 321 g/mol. The Bertz CT molecular complexity index is 785. The summed E-state index contributed by atoms with van der Waals surface area (Å²) in [5, 5.41) is 0. The summed E-state index contributed by atoms with van der Waals surface area (Å²) in [4.78, 5) is 1.20. The van der Waals surface area contributed by atoms with Crippen molar-refractivity contribution in [2.24, 2.45) is 0 Å². The second-order valence-electron chi connectivity index (χ2n) is 4.76. The zero-order chi connectivity index (χ0) is 16.0. The van der Waals surface area contributed by atoms with Gasteiger partial charge in [-0.05, 0) is 30.3 Å². The van der Waals surface area contributed by atoms with E-state index in [1.165, 1.54) is 12.3 Å². The first kappa shape index (κ1) is 14.9. The molecule has 2 aromatic rings. The number of anilines is 1. The number of benzene rings is 1. The molecule has 0 amide bonds. The average Bonchev–Trinajstić information content (AvgIpc) is 2.94. The number of alkyl halides is 3. The maximum atomic E-state index is 12.8. The van der Waals surface area contributed by atoms with E-state index in [4.69, 9.17) is 4.42 Å². The zero-order valence-corrected chi connectivity index (χ0v) is 11.9. The molecule has 118 valence electrons. The van der Waals surface area contributed by atoms with Gasteiger partial charge in [0.2, 0.25) is 10.0 Å². The Labute approximate surface area is 124 Å². The smallest absolute Gasteiger partial charge is 0.416 e. The van der Waals surface area contributed by atoms with Crippen molar-refractivity contribution in [1.82, 2.24) is 4.72 Å². The van der Waals surface area contributed by atoms with Gasteiger partial charge in [0.05, 0.1) is 30.7 Å². The topological polar surface area (TPSA) is 62.6 Å². The van der Waals surface area contributed by atoms with Crippen LogP contribution in [0.1, 0.15) is 11.3 Å². The van der Waals surface area contributed by atoms with E-state index in [0.717, 1.165) is 6.07 Å². The van der Waals surface area contributed by atoms with Crippen molar-refractivity contribution in [3.63, 3.8) is 0 Å². The molecule has 1 N–H and O–H groups in total. The highest BCUT2D eigenvalue weighted by Gasteiger charge is 2.35. The van der Waals surface area contributed by atoms with Gasteiger partial charge >= 0.3 is 6.18 Å². The lowest BCUT2D eigenvalue weighted by molar-refractivity contribution is -0.137. The Kier molecular flexibility index (Phi) is 3.41. The fraction of sp³-hybridized carbons (Fsp3) is 0.231. The van der Waals surface area contributed by atoms with Gasteiger partial charge in [0.15, 0.2) is 0 Å². The monoisotopic (exact) mass is 332 g/mol. The van der Waals surface area contributed by atoms with E-state index < -0.39 is 21.8 Å². The summed E-state index contributed by atoms with van der Waals surface area (Å²) in [5.74, 6) is 0.576. The van der Waals surface area contributed by atoms with E-state index >= 15 is 0 Å². The van der Waals surface area contributed by atoms with Crippen LogP contribution in [0.5, 0.6) is 0 Å². The Balaban J connectivity index is 2.04. The van der Waals surface area contributed by atoms with Crippen LogP contribution in [0.4, 0.5) is 18.9 Å². The van der Waals surface area contributed by atoms with E-state index in [0.29, 0.717) is 11.8 Å². The number of furan rings is 1. The molecule has 0 spiro atoms. The van der Waals surface area contributed by atoms with Gasteiger partial charge in [-0.1, -0.05) is 0 Å². The van der Waals surface area contributed by atoms with Crippen LogP contribution in [0.2, 0.25) is 0 Å². The normalized spacial score (nSPS) is 17.3. The minimum Gasteiger partial charge on any atom is -0.467 e. The number of rotatable bonds is 2. The molecule has 1 aliphatic heterocycles. The van der Waals surface area contributed by atoms with Crippen LogP contribution in [0.25, 0.3) is 0 Å². The van der Waals surface area contributed by atoms with Gasteiger partial charge in [0.25, 0.3) is 0 Å². The number of nitrogens with one attached hydrogen (secondary N) is 1. The Hall–Kier alpha value is -2.00. The molecular formula is C13H11F3N2O3S. The van der Waals surface area contributed by atoms with Crippen molar-refractivity contribution in [1.29, 1.82) is 0 Å². The first-order valence-electron chi connectivity index (χ1n) is 6.25. The predicted octanol–water partition coefficient (Wildman–Crippen LogP) is 2.55. The van der Waals surface area contributed by atoms with Crippen LogP contribution in [-0.2, 0) is 22.7 Å². The second kappa shape index (κ2) is 5.03. The summed E-state index contributed by atoms with van der Waals surface area (Å²) in [7, 11) is -3.96.